The fourth-order valence-corrected chi connectivity index (χ4v) is 2.69. The van der Waals surface area contributed by atoms with Crippen LogP contribution >= 0.6 is 11.8 Å². The Morgan fingerprint density at radius 1 is 1.37 bits per heavy atom. The first-order valence-electron chi connectivity index (χ1n) is 6.70. The van der Waals surface area contributed by atoms with Crippen LogP contribution in [0.15, 0.2) is 18.2 Å². The SMILES string of the molecule is CNC(C)c1cccc(F)c1N(C)C(C)CCSC. The van der Waals surface area contributed by atoms with Gasteiger partial charge in [0.25, 0.3) is 0 Å². The van der Waals surface area contributed by atoms with Crippen LogP contribution in [0.5, 0.6) is 0 Å². The molecule has 19 heavy (non-hydrogen) atoms. The van der Waals surface area contributed by atoms with Gasteiger partial charge in [0.2, 0.25) is 0 Å². The van der Waals surface area contributed by atoms with E-state index >= 15 is 0 Å². The van der Waals surface area contributed by atoms with Crippen molar-refractivity contribution >= 4 is 17.4 Å². The van der Waals surface area contributed by atoms with Gasteiger partial charge in [-0.25, -0.2) is 4.39 Å². The van der Waals surface area contributed by atoms with Crippen LogP contribution in [0.1, 0.15) is 31.9 Å². The van der Waals surface area contributed by atoms with Gasteiger partial charge < -0.3 is 10.2 Å². The van der Waals surface area contributed by atoms with E-state index in [9.17, 15) is 4.39 Å². The summed E-state index contributed by atoms with van der Waals surface area (Å²) in [7, 11) is 3.88. The molecule has 2 atom stereocenters. The molecular formula is C15H25FN2S. The number of benzene rings is 1. The maximum absolute atomic E-state index is 14.2. The fraction of sp³-hybridized carbons (Fsp3) is 0.600. The molecule has 4 heteroatoms. The van der Waals surface area contributed by atoms with Crippen LogP contribution in [0.4, 0.5) is 10.1 Å². The molecule has 0 aliphatic rings. The van der Waals surface area contributed by atoms with E-state index in [1.54, 1.807) is 12.1 Å². The minimum atomic E-state index is -0.141. The molecule has 0 saturated carbocycles. The average Bonchev–Trinajstić information content (AvgIpc) is 2.42. The summed E-state index contributed by atoms with van der Waals surface area (Å²) in [5.74, 6) is 0.953. The van der Waals surface area contributed by atoms with E-state index in [0.717, 1.165) is 23.4 Å². The molecule has 0 aromatic heterocycles. The average molecular weight is 284 g/mol. The van der Waals surface area contributed by atoms with Crippen molar-refractivity contribution < 1.29 is 4.39 Å². The van der Waals surface area contributed by atoms with E-state index in [1.165, 1.54) is 0 Å². The number of thioether (sulfide) groups is 1. The van der Waals surface area contributed by atoms with Gasteiger partial charge >= 0.3 is 0 Å². The molecular weight excluding hydrogens is 259 g/mol. The molecule has 0 saturated heterocycles. The molecule has 2 unspecified atom stereocenters. The first kappa shape index (κ1) is 16.3. The highest BCUT2D eigenvalue weighted by Crippen LogP contribution is 2.30. The molecule has 0 heterocycles. The first-order valence-corrected chi connectivity index (χ1v) is 8.09. The summed E-state index contributed by atoms with van der Waals surface area (Å²) in [6.45, 7) is 4.20. The zero-order valence-electron chi connectivity index (χ0n) is 12.5. The van der Waals surface area contributed by atoms with E-state index in [0.29, 0.717) is 6.04 Å². The van der Waals surface area contributed by atoms with Gasteiger partial charge in [-0.1, -0.05) is 12.1 Å². The molecule has 0 aliphatic carbocycles. The number of rotatable bonds is 7. The van der Waals surface area contributed by atoms with Gasteiger partial charge in [-0.3, -0.25) is 0 Å². The summed E-state index contributed by atoms with van der Waals surface area (Å²) in [4.78, 5) is 2.06. The molecule has 0 amide bonds. The normalized spacial score (nSPS) is 14.2. The Hall–Kier alpha value is -0.740. The van der Waals surface area contributed by atoms with Crippen LogP contribution in [0, 0.1) is 5.82 Å². The topological polar surface area (TPSA) is 15.3 Å². The minimum Gasteiger partial charge on any atom is -0.369 e. The van der Waals surface area contributed by atoms with Crippen molar-refractivity contribution in [3.05, 3.63) is 29.6 Å². The summed E-state index contributed by atoms with van der Waals surface area (Å²) in [5, 5.41) is 3.19. The smallest absolute Gasteiger partial charge is 0.146 e. The Morgan fingerprint density at radius 3 is 2.63 bits per heavy atom. The third-order valence-corrected chi connectivity index (χ3v) is 4.32. The van der Waals surface area contributed by atoms with Crippen LogP contribution < -0.4 is 10.2 Å². The van der Waals surface area contributed by atoms with E-state index < -0.39 is 0 Å². The summed E-state index contributed by atoms with van der Waals surface area (Å²) in [6, 6.07) is 5.78. The molecule has 0 bridgehead atoms. The third-order valence-electron chi connectivity index (χ3n) is 3.67. The largest absolute Gasteiger partial charge is 0.369 e. The van der Waals surface area contributed by atoms with Crippen molar-refractivity contribution in [2.75, 3.05) is 31.0 Å². The van der Waals surface area contributed by atoms with E-state index in [4.69, 9.17) is 0 Å². The quantitative estimate of drug-likeness (QED) is 0.822. The molecule has 1 N–H and O–H groups in total. The highest BCUT2D eigenvalue weighted by molar-refractivity contribution is 7.98. The zero-order chi connectivity index (χ0) is 14.4. The highest BCUT2D eigenvalue weighted by Gasteiger charge is 2.19. The molecule has 108 valence electrons. The maximum atomic E-state index is 14.2. The summed E-state index contributed by atoms with van der Waals surface area (Å²) < 4.78 is 14.2. The van der Waals surface area contributed by atoms with Gasteiger partial charge in [-0.15, -0.1) is 0 Å². The number of nitrogens with one attached hydrogen (secondary N) is 1. The number of hydrogen-bond donors (Lipinski definition) is 1. The molecule has 0 aliphatic heterocycles. The monoisotopic (exact) mass is 284 g/mol. The van der Waals surface area contributed by atoms with E-state index in [-0.39, 0.29) is 11.9 Å². The van der Waals surface area contributed by atoms with E-state index in [2.05, 4.69) is 30.3 Å². The van der Waals surface area contributed by atoms with Gasteiger partial charge in [0, 0.05) is 19.1 Å². The predicted molar refractivity (Wildman–Crippen MR) is 84.7 cm³/mol. The number of para-hydroxylation sites is 1. The van der Waals surface area contributed by atoms with Crippen molar-refractivity contribution in [3.8, 4) is 0 Å². The fourth-order valence-electron chi connectivity index (χ4n) is 2.11. The standard InChI is InChI=1S/C15H25FN2S/c1-11(9-10-19-5)18(4)15-13(12(2)17-3)7-6-8-14(15)16/h6-8,11-12,17H,9-10H2,1-5H3. The predicted octanol–water partition coefficient (Wildman–Crippen LogP) is 3.68. The lowest BCUT2D eigenvalue weighted by Gasteiger charge is -2.30. The molecule has 2 nitrogen and oxygen atoms in total. The Kier molecular flexibility index (Phi) is 6.66. The minimum absolute atomic E-state index is 0.140. The third kappa shape index (κ3) is 4.11. The van der Waals surface area contributed by atoms with E-state index in [1.807, 2.05) is 31.9 Å². The summed E-state index contributed by atoms with van der Waals surface area (Å²) >= 11 is 1.83. The molecule has 0 radical (unpaired) electrons. The lowest BCUT2D eigenvalue weighted by molar-refractivity contribution is 0.582. The molecule has 1 aromatic rings. The second kappa shape index (κ2) is 7.75. The number of nitrogens with zero attached hydrogens (tertiary/aromatic N) is 1. The Morgan fingerprint density at radius 2 is 2.05 bits per heavy atom. The number of anilines is 1. The second-order valence-electron chi connectivity index (χ2n) is 4.93. The number of hydrogen-bond acceptors (Lipinski definition) is 3. The number of halogens is 1. The van der Waals surface area contributed by atoms with Gasteiger partial charge in [-0.05, 0) is 51.0 Å². The van der Waals surface area contributed by atoms with Crippen molar-refractivity contribution in [2.45, 2.75) is 32.4 Å². The van der Waals surface area contributed by atoms with Gasteiger partial charge in [-0.2, -0.15) is 11.8 Å². The molecule has 0 fully saturated rings. The Balaban J connectivity index is 3.03. The lowest BCUT2D eigenvalue weighted by atomic mass is 10.0. The van der Waals surface area contributed by atoms with Crippen LogP contribution in [0.2, 0.25) is 0 Å². The van der Waals surface area contributed by atoms with Crippen LogP contribution in [-0.2, 0) is 0 Å². The Bertz CT molecular complexity index is 398. The summed E-state index contributed by atoms with van der Waals surface area (Å²) in [6.07, 6.45) is 3.16. The van der Waals surface area contributed by atoms with Crippen LogP contribution in [0.25, 0.3) is 0 Å². The van der Waals surface area contributed by atoms with Crippen molar-refractivity contribution in [1.29, 1.82) is 0 Å². The highest BCUT2D eigenvalue weighted by atomic mass is 32.2. The van der Waals surface area contributed by atoms with Crippen LogP contribution in [-0.4, -0.2) is 32.1 Å². The Labute approximate surface area is 120 Å². The zero-order valence-corrected chi connectivity index (χ0v) is 13.4. The molecule has 1 aromatic carbocycles. The molecule has 0 spiro atoms. The molecule has 1 rings (SSSR count). The van der Waals surface area contributed by atoms with Crippen LogP contribution in [0.3, 0.4) is 0 Å². The van der Waals surface area contributed by atoms with Gasteiger partial charge in [0.05, 0.1) is 5.69 Å². The lowest BCUT2D eigenvalue weighted by Crippen LogP contribution is -2.32. The van der Waals surface area contributed by atoms with Gasteiger partial charge in [0.15, 0.2) is 0 Å². The maximum Gasteiger partial charge on any atom is 0.146 e. The second-order valence-corrected chi connectivity index (χ2v) is 5.92. The van der Waals surface area contributed by atoms with Gasteiger partial charge in [0.1, 0.15) is 5.82 Å². The van der Waals surface area contributed by atoms with Crippen molar-refractivity contribution in [1.82, 2.24) is 5.32 Å². The summed E-state index contributed by atoms with van der Waals surface area (Å²) in [5.41, 5.74) is 1.74. The first-order chi connectivity index (χ1) is 9.02. The van der Waals surface area contributed by atoms with Crippen molar-refractivity contribution in [2.24, 2.45) is 0 Å². The van der Waals surface area contributed by atoms with Crippen molar-refractivity contribution in [3.63, 3.8) is 0 Å².